The van der Waals surface area contributed by atoms with Crippen molar-refractivity contribution in [1.29, 1.82) is 0 Å². The monoisotopic (exact) mass is 457 g/mol. The molecule has 0 saturated carbocycles. The van der Waals surface area contributed by atoms with Crippen LogP contribution in [0.2, 0.25) is 0 Å². The van der Waals surface area contributed by atoms with Crippen LogP contribution in [0.1, 0.15) is 35.1 Å². The highest BCUT2D eigenvalue weighted by atomic mass is 16.5. The summed E-state index contributed by atoms with van der Waals surface area (Å²) >= 11 is 0. The SMILES string of the molecule is O=C(CCc1ccc(O)c(O)c1)N[C@@H](CC1=CCc2ccccc21)C(=O)OCc1ccccc1. The van der Waals surface area contributed by atoms with Gasteiger partial charge in [-0.1, -0.05) is 66.7 Å². The lowest BCUT2D eigenvalue weighted by Crippen LogP contribution is -2.42. The molecule has 1 amide bonds. The van der Waals surface area contributed by atoms with Crippen molar-refractivity contribution in [2.45, 2.75) is 38.3 Å². The average Bonchev–Trinajstić information content (AvgIpc) is 3.26. The second-order valence-electron chi connectivity index (χ2n) is 8.33. The van der Waals surface area contributed by atoms with Gasteiger partial charge in [0, 0.05) is 12.8 Å². The molecule has 3 aromatic carbocycles. The summed E-state index contributed by atoms with van der Waals surface area (Å²) in [4.78, 5) is 25.7. The van der Waals surface area contributed by atoms with E-state index in [1.165, 1.54) is 17.7 Å². The molecule has 34 heavy (non-hydrogen) atoms. The Morgan fingerprint density at radius 1 is 0.912 bits per heavy atom. The van der Waals surface area contributed by atoms with Crippen LogP contribution in [0, 0.1) is 0 Å². The molecule has 0 spiro atoms. The Morgan fingerprint density at radius 3 is 2.47 bits per heavy atom. The second-order valence-corrected chi connectivity index (χ2v) is 8.33. The molecule has 0 radical (unpaired) electrons. The van der Waals surface area contributed by atoms with Gasteiger partial charge in [-0.25, -0.2) is 4.79 Å². The van der Waals surface area contributed by atoms with E-state index in [0.717, 1.165) is 23.1 Å². The van der Waals surface area contributed by atoms with E-state index in [9.17, 15) is 19.8 Å². The minimum Gasteiger partial charge on any atom is -0.504 e. The molecule has 0 aromatic heterocycles. The van der Waals surface area contributed by atoms with Crippen LogP contribution >= 0.6 is 0 Å². The third-order valence-electron chi connectivity index (χ3n) is 5.88. The Balaban J connectivity index is 1.42. The summed E-state index contributed by atoms with van der Waals surface area (Å²) < 4.78 is 5.54. The average molecular weight is 458 g/mol. The number of benzene rings is 3. The molecule has 1 aliphatic carbocycles. The highest BCUT2D eigenvalue weighted by Gasteiger charge is 2.26. The zero-order valence-electron chi connectivity index (χ0n) is 18.7. The molecule has 3 aromatic rings. The Bertz CT molecular complexity index is 1200. The molecular formula is C28H27NO5. The number of esters is 1. The number of rotatable bonds is 9. The van der Waals surface area contributed by atoms with E-state index < -0.39 is 12.0 Å². The van der Waals surface area contributed by atoms with E-state index in [2.05, 4.69) is 17.5 Å². The molecule has 3 N–H and O–H groups in total. The predicted molar refractivity (Wildman–Crippen MR) is 129 cm³/mol. The number of carbonyl (C=O) groups excluding carboxylic acids is 2. The molecule has 0 bridgehead atoms. The Kier molecular flexibility index (Phi) is 7.28. The smallest absolute Gasteiger partial charge is 0.329 e. The third-order valence-corrected chi connectivity index (χ3v) is 5.88. The van der Waals surface area contributed by atoms with Crippen LogP contribution in [-0.4, -0.2) is 28.1 Å². The van der Waals surface area contributed by atoms with Gasteiger partial charge >= 0.3 is 5.97 Å². The molecule has 0 aliphatic heterocycles. The van der Waals surface area contributed by atoms with Gasteiger partial charge in [0.15, 0.2) is 11.5 Å². The van der Waals surface area contributed by atoms with Crippen LogP contribution in [0.15, 0.2) is 78.9 Å². The van der Waals surface area contributed by atoms with Crippen molar-refractivity contribution in [1.82, 2.24) is 5.32 Å². The molecule has 1 aliphatic rings. The fourth-order valence-electron chi connectivity index (χ4n) is 4.04. The lowest BCUT2D eigenvalue weighted by atomic mass is 9.99. The number of carbonyl (C=O) groups is 2. The van der Waals surface area contributed by atoms with Gasteiger partial charge in [-0.05, 0) is 52.8 Å². The van der Waals surface area contributed by atoms with Crippen molar-refractivity contribution >= 4 is 17.4 Å². The number of hydrogen-bond acceptors (Lipinski definition) is 5. The molecule has 0 unspecified atom stereocenters. The quantitative estimate of drug-likeness (QED) is 0.329. The highest BCUT2D eigenvalue weighted by Crippen LogP contribution is 2.31. The summed E-state index contributed by atoms with van der Waals surface area (Å²) in [7, 11) is 0. The zero-order chi connectivity index (χ0) is 23.9. The second kappa shape index (κ2) is 10.7. The number of ether oxygens (including phenoxy) is 1. The maximum atomic E-state index is 13.0. The van der Waals surface area contributed by atoms with Gasteiger partial charge in [-0.15, -0.1) is 0 Å². The van der Waals surface area contributed by atoms with Crippen LogP contribution in [0.5, 0.6) is 11.5 Å². The fourth-order valence-corrected chi connectivity index (χ4v) is 4.04. The first-order chi connectivity index (χ1) is 16.5. The number of phenols is 2. The van der Waals surface area contributed by atoms with Crippen LogP contribution in [0.3, 0.4) is 0 Å². The first-order valence-corrected chi connectivity index (χ1v) is 11.3. The normalized spacial score (nSPS) is 13.0. The lowest BCUT2D eigenvalue weighted by molar-refractivity contribution is -0.149. The van der Waals surface area contributed by atoms with Gasteiger partial charge < -0.3 is 20.3 Å². The van der Waals surface area contributed by atoms with E-state index >= 15 is 0 Å². The number of fused-ring (bicyclic) bond motifs is 1. The van der Waals surface area contributed by atoms with Crippen LogP contribution in [0.25, 0.3) is 5.57 Å². The summed E-state index contributed by atoms with van der Waals surface area (Å²) in [6.07, 6.45) is 3.72. The fraction of sp³-hybridized carbons (Fsp3) is 0.214. The summed E-state index contributed by atoms with van der Waals surface area (Å²) in [5.74, 6) is -1.21. The first-order valence-electron chi connectivity index (χ1n) is 11.3. The van der Waals surface area contributed by atoms with Gasteiger partial charge in [-0.3, -0.25) is 4.79 Å². The molecule has 1 atom stereocenters. The highest BCUT2D eigenvalue weighted by molar-refractivity contribution is 5.87. The van der Waals surface area contributed by atoms with Crippen molar-refractivity contribution in [3.8, 4) is 11.5 Å². The Labute approximate surface area is 198 Å². The van der Waals surface area contributed by atoms with Gasteiger partial charge in [-0.2, -0.15) is 0 Å². The molecule has 0 saturated heterocycles. The number of nitrogens with one attached hydrogen (secondary N) is 1. The Hall–Kier alpha value is -4.06. The summed E-state index contributed by atoms with van der Waals surface area (Å²) in [6, 6.07) is 21.1. The van der Waals surface area contributed by atoms with Gasteiger partial charge in [0.05, 0.1) is 0 Å². The van der Waals surface area contributed by atoms with Gasteiger partial charge in [0.2, 0.25) is 5.91 Å². The number of aryl methyl sites for hydroxylation is 1. The lowest BCUT2D eigenvalue weighted by Gasteiger charge is -2.19. The predicted octanol–water partition coefficient (Wildman–Crippen LogP) is 4.29. The molecule has 4 rings (SSSR count). The van der Waals surface area contributed by atoms with Crippen molar-refractivity contribution in [2.75, 3.05) is 0 Å². The molecule has 0 heterocycles. The van der Waals surface area contributed by atoms with Crippen molar-refractivity contribution in [3.63, 3.8) is 0 Å². The van der Waals surface area contributed by atoms with Crippen LogP contribution in [-0.2, 0) is 33.8 Å². The summed E-state index contributed by atoms with van der Waals surface area (Å²) in [5, 5.41) is 22.0. The first kappa shape index (κ1) is 23.1. The van der Waals surface area contributed by atoms with Crippen molar-refractivity contribution in [3.05, 3.63) is 101 Å². The third kappa shape index (κ3) is 5.84. The van der Waals surface area contributed by atoms with Gasteiger partial charge in [0.1, 0.15) is 12.6 Å². The number of allylic oxidation sites excluding steroid dienone is 1. The van der Waals surface area contributed by atoms with E-state index in [1.807, 2.05) is 48.5 Å². The molecule has 6 heteroatoms. The van der Waals surface area contributed by atoms with Crippen LogP contribution < -0.4 is 5.32 Å². The number of aromatic hydroxyl groups is 2. The zero-order valence-corrected chi connectivity index (χ0v) is 18.7. The topological polar surface area (TPSA) is 95.9 Å². The van der Waals surface area contributed by atoms with Gasteiger partial charge in [0.25, 0.3) is 0 Å². The molecule has 0 fully saturated rings. The van der Waals surface area contributed by atoms with E-state index in [0.29, 0.717) is 18.4 Å². The molecule has 6 nitrogen and oxygen atoms in total. The molecule has 174 valence electrons. The maximum absolute atomic E-state index is 13.0. The van der Waals surface area contributed by atoms with E-state index in [4.69, 9.17) is 4.74 Å². The maximum Gasteiger partial charge on any atom is 0.329 e. The minimum absolute atomic E-state index is 0.127. The number of hydrogen-bond donors (Lipinski definition) is 3. The van der Waals surface area contributed by atoms with E-state index in [-0.39, 0.29) is 30.4 Å². The summed E-state index contributed by atoms with van der Waals surface area (Å²) in [5.41, 5.74) is 4.89. The van der Waals surface area contributed by atoms with Crippen molar-refractivity contribution < 1.29 is 24.5 Å². The Morgan fingerprint density at radius 2 is 1.68 bits per heavy atom. The summed E-state index contributed by atoms with van der Waals surface area (Å²) in [6.45, 7) is 0.133. The van der Waals surface area contributed by atoms with Crippen molar-refractivity contribution in [2.24, 2.45) is 0 Å². The largest absolute Gasteiger partial charge is 0.504 e. The number of amides is 1. The van der Waals surface area contributed by atoms with E-state index in [1.54, 1.807) is 6.07 Å². The minimum atomic E-state index is -0.818. The standard InChI is InChI=1S/C28H27NO5/c30-25-14-10-19(16-26(25)31)11-15-27(32)29-24(28(33)34-18-20-6-2-1-3-7-20)17-22-13-12-21-8-4-5-9-23(21)22/h1-10,13-14,16,24,30-31H,11-12,15,17-18H2,(H,29,32)/t24-/m0/s1. The molecular weight excluding hydrogens is 430 g/mol. The number of phenolic OH excluding ortho intramolecular Hbond substituents is 2. The van der Waals surface area contributed by atoms with Crippen LogP contribution in [0.4, 0.5) is 0 Å².